The van der Waals surface area contributed by atoms with Crippen molar-refractivity contribution in [1.29, 1.82) is 0 Å². The Balaban J connectivity index is 1.45. The van der Waals surface area contributed by atoms with Crippen molar-refractivity contribution in [3.05, 3.63) is 35.4 Å². The molecule has 2 aliphatic heterocycles. The van der Waals surface area contributed by atoms with Gasteiger partial charge in [0.15, 0.2) is 0 Å². The van der Waals surface area contributed by atoms with Crippen LogP contribution in [0.1, 0.15) is 81.9 Å². The number of carbonyl (C=O) groups is 3. The van der Waals surface area contributed by atoms with Crippen LogP contribution in [0.15, 0.2) is 24.3 Å². The van der Waals surface area contributed by atoms with Crippen LogP contribution in [0.3, 0.4) is 0 Å². The number of imide groups is 1. The van der Waals surface area contributed by atoms with E-state index in [9.17, 15) is 14.4 Å². The molecule has 1 aromatic rings. The van der Waals surface area contributed by atoms with E-state index in [-0.39, 0.29) is 23.8 Å². The molecule has 1 saturated carbocycles. The fraction of sp³-hybridized carbons (Fsp3) is 0.609. The maximum absolute atomic E-state index is 13.4. The van der Waals surface area contributed by atoms with E-state index >= 15 is 0 Å². The summed E-state index contributed by atoms with van der Waals surface area (Å²) in [4.78, 5) is 39.2. The van der Waals surface area contributed by atoms with Crippen LogP contribution in [0, 0.1) is 5.92 Å². The van der Waals surface area contributed by atoms with Crippen molar-refractivity contribution < 1.29 is 14.4 Å². The lowest BCUT2D eigenvalue weighted by Gasteiger charge is -2.41. The van der Waals surface area contributed by atoms with E-state index in [1.54, 1.807) is 0 Å². The Morgan fingerprint density at radius 2 is 1.76 bits per heavy atom. The molecule has 1 aromatic carbocycles. The predicted molar refractivity (Wildman–Crippen MR) is 110 cm³/mol. The van der Waals surface area contributed by atoms with Gasteiger partial charge in [-0.2, -0.15) is 0 Å². The lowest BCUT2D eigenvalue weighted by Crippen LogP contribution is -2.51. The Morgan fingerprint density at radius 3 is 2.34 bits per heavy atom. The number of nitrogens with one attached hydrogen (secondary N) is 2. The lowest BCUT2D eigenvalue weighted by molar-refractivity contribution is -0.142. The molecule has 6 nitrogen and oxygen atoms in total. The third kappa shape index (κ3) is 3.77. The SMILES string of the molecule is CC(C)c1ccc(C2CCCCN2C(=O)C2CCC3(CC2)NC(=O)NC3=O)cc1. The van der Waals surface area contributed by atoms with Gasteiger partial charge in [0.05, 0.1) is 6.04 Å². The van der Waals surface area contributed by atoms with E-state index in [0.717, 1.165) is 25.8 Å². The fourth-order valence-electron chi connectivity index (χ4n) is 5.12. The first kappa shape index (κ1) is 19.9. The van der Waals surface area contributed by atoms with E-state index in [1.807, 2.05) is 0 Å². The second kappa shape index (κ2) is 7.81. The van der Waals surface area contributed by atoms with Gasteiger partial charge < -0.3 is 10.2 Å². The molecule has 2 N–H and O–H groups in total. The number of nitrogens with zero attached hydrogens (tertiary/aromatic N) is 1. The number of hydrogen-bond donors (Lipinski definition) is 2. The van der Waals surface area contributed by atoms with Gasteiger partial charge in [-0.15, -0.1) is 0 Å². The molecule has 0 aromatic heterocycles. The molecule has 4 amide bonds. The van der Waals surface area contributed by atoms with Crippen molar-refractivity contribution in [3.8, 4) is 0 Å². The Kier molecular flexibility index (Phi) is 5.36. The Bertz CT molecular complexity index is 794. The molecule has 1 spiro atoms. The minimum atomic E-state index is -0.804. The molecule has 1 unspecified atom stereocenters. The molecule has 0 radical (unpaired) electrons. The van der Waals surface area contributed by atoms with Crippen molar-refractivity contribution in [2.45, 2.75) is 76.3 Å². The number of amides is 4. The molecule has 4 rings (SSSR count). The molecule has 0 bridgehead atoms. The number of rotatable bonds is 3. The number of hydrogen-bond acceptors (Lipinski definition) is 3. The maximum Gasteiger partial charge on any atom is 0.322 e. The Hall–Kier alpha value is -2.37. The zero-order chi connectivity index (χ0) is 20.6. The highest BCUT2D eigenvalue weighted by Crippen LogP contribution is 2.38. The first-order chi connectivity index (χ1) is 13.9. The first-order valence-corrected chi connectivity index (χ1v) is 10.9. The third-order valence-corrected chi connectivity index (χ3v) is 6.98. The minimum Gasteiger partial charge on any atom is -0.335 e. The molecule has 6 heteroatoms. The molecule has 29 heavy (non-hydrogen) atoms. The second-order valence-corrected chi connectivity index (χ2v) is 9.13. The molecule has 3 fully saturated rings. The summed E-state index contributed by atoms with van der Waals surface area (Å²) in [6.07, 6.45) is 5.53. The molecular weight excluding hydrogens is 366 g/mol. The van der Waals surface area contributed by atoms with Crippen molar-refractivity contribution in [2.24, 2.45) is 5.92 Å². The van der Waals surface area contributed by atoms with Crippen LogP contribution in [0.4, 0.5) is 4.79 Å². The molecule has 2 heterocycles. The molecule has 3 aliphatic rings. The minimum absolute atomic E-state index is 0.0681. The molecule has 1 aliphatic carbocycles. The van der Waals surface area contributed by atoms with Gasteiger partial charge in [-0.3, -0.25) is 14.9 Å². The van der Waals surface area contributed by atoms with E-state index in [1.165, 1.54) is 11.1 Å². The van der Waals surface area contributed by atoms with E-state index < -0.39 is 11.6 Å². The van der Waals surface area contributed by atoms with Crippen molar-refractivity contribution in [1.82, 2.24) is 15.5 Å². The Morgan fingerprint density at radius 1 is 1.07 bits per heavy atom. The summed E-state index contributed by atoms with van der Waals surface area (Å²) in [5.41, 5.74) is 1.73. The van der Waals surface area contributed by atoms with Crippen molar-refractivity contribution in [3.63, 3.8) is 0 Å². The maximum atomic E-state index is 13.4. The largest absolute Gasteiger partial charge is 0.335 e. The highest BCUT2D eigenvalue weighted by atomic mass is 16.2. The highest BCUT2D eigenvalue weighted by molar-refractivity contribution is 6.07. The third-order valence-electron chi connectivity index (χ3n) is 6.98. The molecule has 156 valence electrons. The van der Waals surface area contributed by atoms with Gasteiger partial charge in [-0.25, -0.2) is 4.79 Å². The van der Waals surface area contributed by atoms with Gasteiger partial charge >= 0.3 is 6.03 Å². The van der Waals surface area contributed by atoms with Crippen molar-refractivity contribution in [2.75, 3.05) is 6.54 Å². The van der Waals surface area contributed by atoms with Crippen LogP contribution in [-0.2, 0) is 9.59 Å². The summed E-state index contributed by atoms with van der Waals surface area (Å²) >= 11 is 0. The number of benzene rings is 1. The molecular formula is C23H31N3O3. The van der Waals surface area contributed by atoms with E-state index in [2.05, 4.69) is 53.6 Å². The van der Waals surface area contributed by atoms with E-state index in [0.29, 0.717) is 31.6 Å². The van der Waals surface area contributed by atoms with Gasteiger partial charge in [0.2, 0.25) is 5.91 Å². The standard InChI is InChI=1S/C23H31N3O3/c1-15(2)16-6-8-17(9-7-16)19-5-3-4-14-26(19)20(27)18-10-12-23(13-11-18)21(28)24-22(29)25-23/h6-9,15,18-19H,3-5,10-14H2,1-2H3,(H2,24,25,28,29). The predicted octanol–water partition coefficient (Wildman–Crippen LogP) is 3.63. The quantitative estimate of drug-likeness (QED) is 0.765. The lowest BCUT2D eigenvalue weighted by atomic mass is 9.75. The topological polar surface area (TPSA) is 78.5 Å². The fourth-order valence-corrected chi connectivity index (χ4v) is 5.12. The summed E-state index contributed by atoms with van der Waals surface area (Å²) in [6.45, 7) is 5.18. The number of likely N-dealkylation sites (tertiary alicyclic amines) is 1. The average Bonchev–Trinajstić information content (AvgIpc) is 3.00. The first-order valence-electron chi connectivity index (χ1n) is 10.9. The van der Waals surface area contributed by atoms with Crippen LogP contribution in [0.25, 0.3) is 0 Å². The van der Waals surface area contributed by atoms with Crippen LogP contribution in [0.2, 0.25) is 0 Å². The van der Waals surface area contributed by atoms with Crippen LogP contribution in [0.5, 0.6) is 0 Å². The summed E-state index contributed by atoms with van der Waals surface area (Å²) in [7, 11) is 0. The summed E-state index contributed by atoms with van der Waals surface area (Å²) in [6, 6.07) is 8.45. The van der Waals surface area contributed by atoms with Crippen LogP contribution >= 0.6 is 0 Å². The van der Waals surface area contributed by atoms with Gasteiger partial charge in [-0.1, -0.05) is 38.1 Å². The van der Waals surface area contributed by atoms with Gasteiger partial charge in [0.1, 0.15) is 5.54 Å². The Labute approximate surface area is 172 Å². The summed E-state index contributed by atoms with van der Waals surface area (Å²) < 4.78 is 0. The smallest absolute Gasteiger partial charge is 0.322 e. The summed E-state index contributed by atoms with van der Waals surface area (Å²) in [5.74, 6) is 0.397. The van der Waals surface area contributed by atoms with Gasteiger partial charge in [-0.05, 0) is 62.0 Å². The summed E-state index contributed by atoms with van der Waals surface area (Å²) in [5, 5.41) is 5.12. The normalized spacial score (nSPS) is 29.8. The average molecular weight is 398 g/mol. The van der Waals surface area contributed by atoms with E-state index in [4.69, 9.17) is 0 Å². The highest BCUT2D eigenvalue weighted by Gasteiger charge is 2.49. The van der Waals surface area contributed by atoms with Crippen molar-refractivity contribution >= 4 is 17.8 Å². The monoisotopic (exact) mass is 397 g/mol. The number of carbonyl (C=O) groups excluding carboxylic acids is 3. The van der Waals surface area contributed by atoms with Crippen LogP contribution in [-0.4, -0.2) is 34.8 Å². The number of urea groups is 1. The second-order valence-electron chi connectivity index (χ2n) is 9.13. The number of piperidine rings is 1. The van der Waals surface area contributed by atoms with Gasteiger partial charge in [0, 0.05) is 12.5 Å². The van der Waals surface area contributed by atoms with Gasteiger partial charge in [0.25, 0.3) is 5.91 Å². The molecule has 2 saturated heterocycles. The molecule has 1 atom stereocenters. The van der Waals surface area contributed by atoms with Crippen LogP contribution < -0.4 is 10.6 Å². The zero-order valence-corrected chi connectivity index (χ0v) is 17.4. The zero-order valence-electron chi connectivity index (χ0n) is 17.4.